The summed E-state index contributed by atoms with van der Waals surface area (Å²) in [7, 11) is 1.52. The van der Waals surface area contributed by atoms with Gasteiger partial charge in [0.2, 0.25) is 5.88 Å². The average Bonchev–Trinajstić information content (AvgIpc) is 3.11. The van der Waals surface area contributed by atoms with Gasteiger partial charge < -0.3 is 20.5 Å². The van der Waals surface area contributed by atoms with Crippen molar-refractivity contribution in [3.63, 3.8) is 0 Å². The van der Waals surface area contributed by atoms with Crippen LogP contribution in [0, 0.1) is 12.3 Å². The number of nitrogens with zero attached hydrogens (tertiary/aromatic N) is 4. The topological polar surface area (TPSA) is 97.4 Å². The van der Waals surface area contributed by atoms with Gasteiger partial charge in [-0.3, -0.25) is 0 Å². The molecule has 1 aromatic carbocycles. The Hall–Kier alpha value is -2.74. The molecule has 8 heteroatoms. The second-order valence-corrected chi connectivity index (χ2v) is 9.35. The maximum atomic E-state index is 10.1. The zero-order chi connectivity index (χ0) is 23.2. The molecule has 3 heterocycles. The number of aliphatic hydroxyl groups is 1. The van der Waals surface area contributed by atoms with Crippen LogP contribution in [0.3, 0.4) is 0 Å². The van der Waals surface area contributed by atoms with Crippen molar-refractivity contribution in [1.82, 2.24) is 15.0 Å². The summed E-state index contributed by atoms with van der Waals surface area (Å²) in [6, 6.07) is 10.4. The van der Waals surface area contributed by atoms with Gasteiger partial charge in [0.05, 0.1) is 25.1 Å². The van der Waals surface area contributed by atoms with Gasteiger partial charge in [-0.05, 0) is 48.8 Å². The van der Waals surface area contributed by atoms with Gasteiger partial charge in [0.15, 0.2) is 5.82 Å². The van der Waals surface area contributed by atoms with Crippen LogP contribution in [-0.4, -0.2) is 40.3 Å². The molecule has 1 aliphatic heterocycles. The van der Waals surface area contributed by atoms with E-state index < -0.39 is 0 Å². The van der Waals surface area contributed by atoms with Crippen molar-refractivity contribution in [2.24, 2.45) is 11.1 Å². The van der Waals surface area contributed by atoms with Crippen LogP contribution in [0.4, 0.5) is 5.82 Å². The number of fused-ring (bicyclic) bond motifs is 1. The Morgan fingerprint density at radius 3 is 2.67 bits per heavy atom. The first kappa shape index (κ1) is 22.1. The summed E-state index contributed by atoms with van der Waals surface area (Å²) < 4.78 is 5.24. The Labute approximate surface area is 198 Å². The van der Waals surface area contributed by atoms with E-state index in [2.05, 4.69) is 34.1 Å². The standard InChI is InChI=1S/C25H28ClN5O2/c1-15-21(18-7-10-28-24(33-2)20(18)26)30-19(14-32)23(29-15)31-11-8-25(9-12-31)13-16-5-3-4-6-17(16)22(25)27/h3-7,10,22,32H,8-9,11-14,27H2,1-2H3/t22-/m1/s1. The van der Waals surface area contributed by atoms with Gasteiger partial charge in [0.1, 0.15) is 10.7 Å². The molecular formula is C25H28ClN5O2. The third-order valence-corrected chi connectivity index (χ3v) is 7.59. The van der Waals surface area contributed by atoms with Crippen molar-refractivity contribution in [2.75, 3.05) is 25.1 Å². The molecule has 2 aromatic heterocycles. The van der Waals surface area contributed by atoms with E-state index in [1.807, 2.05) is 6.92 Å². The first-order valence-corrected chi connectivity index (χ1v) is 11.6. The fraction of sp³-hybridized carbons (Fsp3) is 0.400. The lowest BCUT2D eigenvalue weighted by Gasteiger charge is -2.43. The number of ether oxygens (including phenoxy) is 1. The quantitative estimate of drug-likeness (QED) is 0.604. The van der Waals surface area contributed by atoms with Crippen LogP contribution in [-0.2, 0) is 13.0 Å². The van der Waals surface area contributed by atoms with E-state index in [0.717, 1.165) is 43.9 Å². The van der Waals surface area contributed by atoms with E-state index in [-0.39, 0.29) is 18.1 Å². The number of halogens is 1. The van der Waals surface area contributed by atoms with Gasteiger partial charge in [-0.2, -0.15) is 0 Å². The molecule has 0 amide bonds. The van der Waals surface area contributed by atoms with Crippen molar-refractivity contribution in [3.05, 3.63) is 64.1 Å². The van der Waals surface area contributed by atoms with Crippen LogP contribution in [0.1, 0.15) is 41.4 Å². The average molecular weight is 466 g/mol. The van der Waals surface area contributed by atoms with Crippen molar-refractivity contribution < 1.29 is 9.84 Å². The predicted molar refractivity (Wildman–Crippen MR) is 128 cm³/mol. The van der Waals surface area contributed by atoms with Crippen LogP contribution in [0.5, 0.6) is 5.88 Å². The highest BCUT2D eigenvalue weighted by molar-refractivity contribution is 6.34. The summed E-state index contributed by atoms with van der Waals surface area (Å²) >= 11 is 6.48. The lowest BCUT2D eigenvalue weighted by molar-refractivity contribution is 0.186. The van der Waals surface area contributed by atoms with E-state index >= 15 is 0 Å². The zero-order valence-corrected chi connectivity index (χ0v) is 19.6. The number of aryl methyl sites for hydroxylation is 1. The van der Waals surface area contributed by atoms with Gasteiger partial charge in [0, 0.05) is 30.9 Å². The first-order chi connectivity index (χ1) is 16.0. The van der Waals surface area contributed by atoms with Crippen LogP contribution < -0.4 is 15.4 Å². The molecule has 7 nitrogen and oxygen atoms in total. The van der Waals surface area contributed by atoms with E-state index in [0.29, 0.717) is 27.9 Å². The van der Waals surface area contributed by atoms with Crippen LogP contribution >= 0.6 is 11.6 Å². The van der Waals surface area contributed by atoms with Gasteiger partial charge in [-0.25, -0.2) is 15.0 Å². The largest absolute Gasteiger partial charge is 0.480 e. The maximum Gasteiger partial charge on any atom is 0.232 e. The minimum absolute atomic E-state index is 0.0622. The lowest BCUT2D eigenvalue weighted by atomic mass is 9.73. The number of aliphatic hydroxyl groups excluding tert-OH is 1. The Morgan fingerprint density at radius 2 is 1.97 bits per heavy atom. The second kappa shape index (κ2) is 8.56. The predicted octanol–water partition coefficient (Wildman–Crippen LogP) is 3.84. The molecule has 5 rings (SSSR count). The molecule has 3 aromatic rings. The van der Waals surface area contributed by atoms with E-state index in [4.69, 9.17) is 32.0 Å². The Bertz CT molecular complexity index is 1190. The smallest absolute Gasteiger partial charge is 0.232 e. The summed E-state index contributed by atoms with van der Waals surface area (Å²) in [5.74, 6) is 1.06. The van der Waals surface area contributed by atoms with Gasteiger partial charge >= 0.3 is 0 Å². The molecule has 0 saturated carbocycles. The Kier molecular flexibility index (Phi) is 5.72. The Morgan fingerprint density at radius 1 is 1.21 bits per heavy atom. The summed E-state index contributed by atoms with van der Waals surface area (Å²) in [5.41, 5.74) is 12.1. The zero-order valence-electron chi connectivity index (χ0n) is 18.9. The van der Waals surface area contributed by atoms with Crippen LogP contribution in [0.25, 0.3) is 11.3 Å². The number of rotatable bonds is 4. The summed E-state index contributed by atoms with van der Waals surface area (Å²) in [6.45, 7) is 3.35. The third kappa shape index (κ3) is 3.64. The van der Waals surface area contributed by atoms with Crippen molar-refractivity contribution in [2.45, 2.75) is 38.8 Å². The monoisotopic (exact) mass is 465 g/mol. The number of hydrogen-bond donors (Lipinski definition) is 2. The van der Waals surface area contributed by atoms with E-state index in [9.17, 15) is 5.11 Å². The molecule has 0 unspecified atom stereocenters. The van der Waals surface area contributed by atoms with Gasteiger partial charge in [0.25, 0.3) is 0 Å². The second-order valence-electron chi connectivity index (χ2n) is 8.97. The minimum atomic E-state index is -0.206. The molecule has 0 bridgehead atoms. The molecule has 1 aliphatic carbocycles. The molecule has 1 fully saturated rings. The van der Waals surface area contributed by atoms with Crippen molar-refractivity contribution >= 4 is 17.4 Å². The number of piperidine rings is 1. The highest BCUT2D eigenvalue weighted by atomic mass is 35.5. The van der Waals surface area contributed by atoms with Crippen LogP contribution in [0.2, 0.25) is 5.02 Å². The van der Waals surface area contributed by atoms with Gasteiger partial charge in [-0.1, -0.05) is 35.9 Å². The summed E-state index contributed by atoms with van der Waals surface area (Å²) in [5, 5.41) is 10.5. The molecular weight excluding hydrogens is 438 g/mol. The Balaban J connectivity index is 1.42. The minimum Gasteiger partial charge on any atom is -0.480 e. The SMILES string of the molecule is COc1nccc(-c2nc(CO)c(N3CCC4(CC3)Cc3ccccc3[C@H]4N)nc2C)c1Cl. The summed E-state index contributed by atoms with van der Waals surface area (Å²) in [6.07, 6.45) is 4.60. The number of pyridine rings is 1. The molecule has 172 valence electrons. The normalized spacial score (nSPS) is 19.1. The molecule has 0 radical (unpaired) electrons. The summed E-state index contributed by atoms with van der Waals surface area (Å²) in [4.78, 5) is 16.0. The number of aromatic nitrogens is 3. The highest BCUT2D eigenvalue weighted by Crippen LogP contribution is 2.51. The van der Waals surface area contributed by atoms with E-state index in [1.54, 1.807) is 12.3 Å². The molecule has 1 atom stereocenters. The lowest BCUT2D eigenvalue weighted by Crippen LogP contribution is -2.45. The van der Waals surface area contributed by atoms with Crippen molar-refractivity contribution in [3.8, 4) is 17.1 Å². The number of hydrogen-bond acceptors (Lipinski definition) is 7. The number of methoxy groups -OCH3 is 1. The van der Waals surface area contributed by atoms with Crippen molar-refractivity contribution in [1.29, 1.82) is 0 Å². The highest BCUT2D eigenvalue weighted by Gasteiger charge is 2.46. The fourth-order valence-electron chi connectivity index (χ4n) is 5.38. The van der Waals surface area contributed by atoms with Gasteiger partial charge in [-0.15, -0.1) is 0 Å². The van der Waals surface area contributed by atoms with Crippen LogP contribution in [0.15, 0.2) is 36.5 Å². The molecule has 1 spiro atoms. The molecule has 33 heavy (non-hydrogen) atoms. The molecule has 1 saturated heterocycles. The number of anilines is 1. The fourth-order valence-corrected chi connectivity index (χ4v) is 5.65. The number of nitrogens with two attached hydrogens (primary N) is 1. The van der Waals surface area contributed by atoms with E-state index in [1.165, 1.54) is 18.2 Å². The third-order valence-electron chi connectivity index (χ3n) is 7.23. The maximum absolute atomic E-state index is 10.1. The number of benzene rings is 1. The molecule has 2 aliphatic rings. The first-order valence-electron chi connectivity index (χ1n) is 11.2. The molecule has 3 N–H and O–H groups in total.